The van der Waals surface area contributed by atoms with E-state index in [2.05, 4.69) is 10.2 Å². The standard InChI is InChI=1S/C10H11N3O3S2/c11-6(10(14)15)4-17-5-8-12-13-9(16-8)7-2-1-3-18-7/h1-3,6H,4-5,11H2,(H,14,15)/t6-/m1/s1. The fraction of sp³-hybridized carbons (Fsp3) is 0.300. The van der Waals surface area contributed by atoms with E-state index >= 15 is 0 Å². The lowest BCUT2D eigenvalue weighted by Gasteiger charge is -2.03. The van der Waals surface area contributed by atoms with Gasteiger partial charge in [0.1, 0.15) is 6.04 Å². The van der Waals surface area contributed by atoms with Crippen LogP contribution in [-0.2, 0) is 10.5 Å². The van der Waals surface area contributed by atoms with Crippen molar-refractivity contribution in [2.45, 2.75) is 11.8 Å². The predicted molar refractivity (Wildman–Crippen MR) is 69.4 cm³/mol. The number of carboxylic acids is 1. The molecular formula is C10H11N3O3S2. The third-order valence-electron chi connectivity index (χ3n) is 2.04. The second kappa shape index (κ2) is 5.98. The van der Waals surface area contributed by atoms with Gasteiger partial charge in [-0.15, -0.1) is 33.3 Å². The summed E-state index contributed by atoms with van der Waals surface area (Å²) in [6.07, 6.45) is 0. The van der Waals surface area contributed by atoms with Crippen molar-refractivity contribution in [1.82, 2.24) is 10.2 Å². The van der Waals surface area contributed by atoms with Crippen LogP contribution in [0.3, 0.4) is 0 Å². The molecule has 0 spiro atoms. The molecule has 0 aromatic carbocycles. The first-order chi connectivity index (χ1) is 8.66. The number of carbonyl (C=O) groups is 1. The molecule has 0 bridgehead atoms. The van der Waals surface area contributed by atoms with Crippen molar-refractivity contribution in [2.24, 2.45) is 5.73 Å². The Labute approximate surface area is 111 Å². The molecule has 0 fully saturated rings. The number of aliphatic carboxylic acids is 1. The van der Waals surface area contributed by atoms with Gasteiger partial charge >= 0.3 is 5.97 Å². The smallest absolute Gasteiger partial charge is 0.321 e. The van der Waals surface area contributed by atoms with E-state index in [-0.39, 0.29) is 0 Å². The number of carboxylic acid groups (broad SMARTS) is 1. The van der Waals surface area contributed by atoms with Gasteiger partial charge in [-0.25, -0.2) is 0 Å². The largest absolute Gasteiger partial charge is 0.480 e. The molecule has 2 heterocycles. The van der Waals surface area contributed by atoms with E-state index in [4.69, 9.17) is 15.3 Å². The minimum Gasteiger partial charge on any atom is -0.480 e. The molecule has 6 nitrogen and oxygen atoms in total. The Kier molecular flexibility index (Phi) is 4.34. The van der Waals surface area contributed by atoms with Crippen molar-refractivity contribution in [3.05, 3.63) is 23.4 Å². The topological polar surface area (TPSA) is 102 Å². The summed E-state index contributed by atoms with van der Waals surface area (Å²) in [5.74, 6) is 0.724. The lowest BCUT2D eigenvalue weighted by Crippen LogP contribution is -2.32. The van der Waals surface area contributed by atoms with Gasteiger partial charge in [0.2, 0.25) is 5.89 Å². The first kappa shape index (κ1) is 13.1. The summed E-state index contributed by atoms with van der Waals surface area (Å²) in [4.78, 5) is 11.4. The number of hydrogen-bond acceptors (Lipinski definition) is 7. The molecule has 0 aliphatic rings. The Balaban J connectivity index is 1.86. The highest BCUT2D eigenvalue weighted by Crippen LogP contribution is 2.24. The highest BCUT2D eigenvalue weighted by atomic mass is 32.2. The maximum Gasteiger partial charge on any atom is 0.321 e. The molecule has 0 radical (unpaired) electrons. The number of nitrogens with zero attached hydrogens (tertiary/aromatic N) is 2. The molecule has 2 aromatic rings. The van der Waals surface area contributed by atoms with Crippen molar-refractivity contribution in [3.8, 4) is 10.8 Å². The van der Waals surface area contributed by atoms with Crippen LogP contribution in [0.2, 0.25) is 0 Å². The highest BCUT2D eigenvalue weighted by molar-refractivity contribution is 7.98. The first-order valence-electron chi connectivity index (χ1n) is 5.09. The molecule has 0 saturated carbocycles. The molecule has 1 atom stereocenters. The van der Waals surface area contributed by atoms with Crippen LogP contribution >= 0.6 is 23.1 Å². The van der Waals surface area contributed by atoms with Crippen molar-refractivity contribution >= 4 is 29.1 Å². The van der Waals surface area contributed by atoms with E-state index in [1.165, 1.54) is 23.1 Å². The average molecular weight is 285 g/mol. The molecule has 8 heteroatoms. The van der Waals surface area contributed by atoms with Crippen LogP contribution in [0.15, 0.2) is 21.9 Å². The third kappa shape index (κ3) is 3.31. The Hall–Kier alpha value is -1.38. The van der Waals surface area contributed by atoms with Gasteiger partial charge in [0.25, 0.3) is 5.89 Å². The summed E-state index contributed by atoms with van der Waals surface area (Å²) in [5, 5.41) is 18.4. The summed E-state index contributed by atoms with van der Waals surface area (Å²) in [6, 6.07) is 2.94. The van der Waals surface area contributed by atoms with Gasteiger partial charge in [-0.2, -0.15) is 0 Å². The molecule has 0 aliphatic carbocycles. The van der Waals surface area contributed by atoms with E-state index in [0.717, 1.165) is 4.88 Å². The minimum atomic E-state index is -1.01. The van der Waals surface area contributed by atoms with E-state index in [0.29, 0.717) is 23.3 Å². The molecule has 3 N–H and O–H groups in total. The summed E-state index contributed by atoms with van der Waals surface area (Å²) in [7, 11) is 0. The van der Waals surface area contributed by atoms with E-state index in [1.54, 1.807) is 0 Å². The monoisotopic (exact) mass is 285 g/mol. The molecule has 0 saturated heterocycles. The Morgan fingerprint density at radius 3 is 3.11 bits per heavy atom. The molecule has 0 aliphatic heterocycles. The first-order valence-corrected chi connectivity index (χ1v) is 7.12. The number of hydrogen-bond donors (Lipinski definition) is 2. The van der Waals surface area contributed by atoms with Crippen LogP contribution in [-0.4, -0.2) is 33.1 Å². The van der Waals surface area contributed by atoms with E-state index in [1.807, 2.05) is 17.5 Å². The highest BCUT2D eigenvalue weighted by Gasteiger charge is 2.13. The Morgan fingerprint density at radius 1 is 1.61 bits per heavy atom. The zero-order valence-corrected chi connectivity index (χ0v) is 10.9. The van der Waals surface area contributed by atoms with Crippen molar-refractivity contribution in [1.29, 1.82) is 0 Å². The molecule has 2 aromatic heterocycles. The summed E-state index contributed by atoms with van der Waals surface area (Å²) in [5.41, 5.74) is 5.38. The number of thiophene rings is 1. The molecule has 18 heavy (non-hydrogen) atoms. The maximum absolute atomic E-state index is 10.5. The Morgan fingerprint density at radius 2 is 2.44 bits per heavy atom. The number of nitrogens with two attached hydrogens (primary N) is 1. The van der Waals surface area contributed by atoms with E-state index in [9.17, 15) is 4.79 Å². The lowest BCUT2D eigenvalue weighted by atomic mass is 10.4. The van der Waals surface area contributed by atoms with Crippen molar-refractivity contribution in [2.75, 3.05) is 5.75 Å². The van der Waals surface area contributed by atoms with Crippen molar-refractivity contribution < 1.29 is 14.3 Å². The van der Waals surface area contributed by atoms with E-state index < -0.39 is 12.0 Å². The van der Waals surface area contributed by atoms with Crippen LogP contribution in [0, 0.1) is 0 Å². The van der Waals surface area contributed by atoms with Crippen LogP contribution in [0.25, 0.3) is 10.8 Å². The maximum atomic E-state index is 10.5. The van der Waals surface area contributed by atoms with Gasteiger partial charge in [0.05, 0.1) is 10.6 Å². The normalized spacial score (nSPS) is 12.5. The van der Waals surface area contributed by atoms with Crippen molar-refractivity contribution in [3.63, 3.8) is 0 Å². The van der Waals surface area contributed by atoms with Gasteiger partial charge in [0, 0.05) is 5.75 Å². The SMILES string of the molecule is N[C@H](CSCc1nnc(-c2cccs2)o1)C(=O)O. The number of thioether (sulfide) groups is 1. The molecule has 0 amide bonds. The summed E-state index contributed by atoms with van der Waals surface area (Å²) < 4.78 is 5.45. The molecule has 96 valence electrons. The van der Waals surface area contributed by atoms with Gasteiger partial charge in [-0.3, -0.25) is 4.79 Å². The van der Waals surface area contributed by atoms with Gasteiger partial charge in [-0.05, 0) is 11.4 Å². The van der Waals surface area contributed by atoms with Gasteiger partial charge < -0.3 is 15.3 Å². The fourth-order valence-electron chi connectivity index (χ4n) is 1.16. The second-order valence-electron chi connectivity index (χ2n) is 3.44. The summed E-state index contributed by atoms with van der Waals surface area (Å²) >= 11 is 2.88. The minimum absolute atomic E-state index is 0.312. The zero-order valence-electron chi connectivity index (χ0n) is 9.28. The van der Waals surface area contributed by atoms with Crippen LogP contribution in [0.1, 0.15) is 5.89 Å². The molecule has 0 unspecified atom stereocenters. The predicted octanol–water partition coefficient (Wildman–Crippen LogP) is 1.44. The van der Waals surface area contributed by atoms with Crippen LogP contribution in [0.5, 0.6) is 0 Å². The molecule has 2 rings (SSSR count). The quantitative estimate of drug-likeness (QED) is 0.827. The number of aromatic nitrogens is 2. The molecular weight excluding hydrogens is 274 g/mol. The lowest BCUT2D eigenvalue weighted by molar-refractivity contribution is -0.137. The Bertz CT molecular complexity index is 512. The fourth-order valence-corrected chi connectivity index (χ4v) is 2.61. The van der Waals surface area contributed by atoms with Gasteiger partial charge in [0.15, 0.2) is 0 Å². The average Bonchev–Trinajstić information content (AvgIpc) is 2.98. The number of rotatable bonds is 6. The third-order valence-corrected chi connectivity index (χ3v) is 3.94. The summed E-state index contributed by atoms with van der Waals surface area (Å²) in [6.45, 7) is 0. The van der Waals surface area contributed by atoms with Crippen LogP contribution < -0.4 is 5.73 Å². The van der Waals surface area contributed by atoms with Gasteiger partial charge in [-0.1, -0.05) is 6.07 Å². The zero-order chi connectivity index (χ0) is 13.0. The second-order valence-corrected chi connectivity index (χ2v) is 5.42. The van der Waals surface area contributed by atoms with Crippen LogP contribution in [0.4, 0.5) is 0 Å².